The van der Waals surface area contributed by atoms with Gasteiger partial charge in [-0.3, -0.25) is 14.5 Å². The molecule has 0 aliphatic carbocycles. The molecule has 0 bridgehead atoms. The molecule has 186 valence electrons. The molecule has 3 aromatic carbocycles. The number of anilines is 1. The van der Waals surface area contributed by atoms with Crippen molar-refractivity contribution in [2.45, 2.75) is 15.1 Å². The number of thiazole rings is 1. The molecule has 7 nitrogen and oxygen atoms in total. The van der Waals surface area contributed by atoms with Crippen molar-refractivity contribution in [3.63, 3.8) is 0 Å². The highest BCUT2D eigenvalue weighted by atomic mass is 35.5. The second kappa shape index (κ2) is 9.46. The van der Waals surface area contributed by atoms with Gasteiger partial charge in [0, 0.05) is 5.02 Å². The molecule has 0 spiro atoms. The standard InChI is InChI=1S/C26H15ClN2O5S2.H2S/c27-16-8-6-7-15(13-16)22-21-23(30)18-11-4-5-12-19(18)34-24(21)25(31)29(22)26-28-14-20(35-26)36(32,33)17-9-2-1-3-10-17;/h1-14,22H;1H2. The van der Waals surface area contributed by atoms with Gasteiger partial charge in [0.1, 0.15) is 9.79 Å². The van der Waals surface area contributed by atoms with Crippen molar-refractivity contribution >= 4 is 68.3 Å². The van der Waals surface area contributed by atoms with Gasteiger partial charge in [-0.05, 0) is 42.0 Å². The summed E-state index contributed by atoms with van der Waals surface area (Å²) in [5, 5.41) is 0.878. The Labute approximate surface area is 227 Å². The van der Waals surface area contributed by atoms with Gasteiger partial charge in [0.2, 0.25) is 15.6 Å². The maximum absolute atomic E-state index is 13.7. The monoisotopic (exact) mass is 568 g/mol. The lowest BCUT2D eigenvalue weighted by Crippen LogP contribution is -2.29. The fraction of sp³-hybridized carbons (Fsp3) is 0.0385. The molecule has 3 heterocycles. The molecule has 0 fully saturated rings. The van der Waals surface area contributed by atoms with Crippen LogP contribution < -0.4 is 10.3 Å². The SMILES string of the molecule is O=C1c2oc3ccccc3c(=O)c2C(c2cccc(Cl)c2)N1c1ncc(S(=O)(=O)c2ccccc2)s1.S. The molecule has 0 saturated heterocycles. The largest absolute Gasteiger partial charge is 0.450 e. The summed E-state index contributed by atoms with van der Waals surface area (Å²) in [7, 11) is -3.85. The van der Waals surface area contributed by atoms with Crippen molar-refractivity contribution in [2.24, 2.45) is 0 Å². The summed E-state index contributed by atoms with van der Waals surface area (Å²) in [6.45, 7) is 0. The second-order valence-electron chi connectivity index (χ2n) is 8.08. The van der Waals surface area contributed by atoms with Crippen LogP contribution >= 0.6 is 36.4 Å². The van der Waals surface area contributed by atoms with Gasteiger partial charge in [0.05, 0.1) is 28.1 Å². The van der Waals surface area contributed by atoms with Crippen molar-refractivity contribution in [3.8, 4) is 0 Å². The quantitative estimate of drug-likeness (QED) is 0.280. The Morgan fingerprint density at radius 2 is 1.68 bits per heavy atom. The number of halogens is 1. The number of rotatable bonds is 4. The Kier molecular flexibility index (Phi) is 6.45. The summed E-state index contributed by atoms with van der Waals surface area (Å²) in [6.07, 6.45) is 1.22. The average Bonchev–Trinajstić information content (AvgIpc) is 3.49. The van der Waals surface area contributed by atoms with Crippen LogP contribution in [0.2, 0.25) is 5.02 Å². The number of carbonyl (C=O) groups excluding carboxylic acids is 1. The van der Waals surface area contributed by atoms with Gasteiger partial charge in [-0.2, -0.15) is 13.5 Å². The normalized spacial score (nSPS) is 15.0. The zero-order chi connectivity index (χ0) is 25.0. The molecule has 0 N–H and O–H groups in total. The number of benzene rings is 3. The minimum atomic E-state index is -3.85. The van der Waals surface area contributed by atoms with Crippen LogP contribution in [-0.2, 0) is 9.84 Å². The number of amides is 1. The first-order valence-corrected chi connectivity index (χ1v) is 13.4. The summed E-state index contributed by atoms with van der Waals surface area (Å²) in [5.41, 5.74) is 0.664. The van der Waals surface area contributed by atoms with E-state index in [0.717, 1.165) is 11.3 Å². The van der Waals surface area contributed by atoms with Gasteiger partial charge in [0.25, 0.3) is 5.91 Å². The van der Waals surface area contributed by atoms with E-state index in [1.165, 1.54) is 23.2 Å². The van der Waals surface area contributed by atoms with Gasteiger partial charge >= 0.3 is 0 Å². The Morgan fingerprint density at radius 1 is 0.946 bits per heavy atom. The predicted molar refractivity (Wildman–Crippen MR) is 147 cm³/mol. The zero-order valence-corrected chi connectivity index (χ0v) is 22.2. The third-order valence-electron chi connectivity index (χ3n) is 5.94. The molecule has 1 aliphatic heterocycles. The maximum Gasteiger partial charge on any atom is 0.297 e. The molecule has 6 rings (SSSR count). The third kappa shape index (κ3) is 4.06. The van der Waals surface area contributed by atoms with E-state index in [-0.39, 0.29) is 50.1 Å². The first-order chi connectivity index (χ1) is 17.4. The zero-order valence-electron chi connectivity index (χ0n) is 18.8. The van der Waals surface area contributed by atoms with Crippen LogP contribution in [0.5, 0.6) is 0 Å². The number of sulfone groups is 1. The fourth-order valence-electron chi connectivity index (χ4n) is 4.31. The van der Waals surface area contributed by atoms with Gasteiger partial charge in [-0.15, -0.1) is 0 Å². The summed E-state index contributed by atoms with van der Waals surface area (Å²) in [5.74, 6) is -0.692. The number of hydrogen-bond acceptors (Lipinski definition) is 7. The van der Waals surface area contributed by atoms with Crippen LogP contribution in [0.25, 0.3) is 11.0 Å². The van der Waals surface area contributed by atoms with Gasteiger partial charge < -0.3 is 4.42 Å². The molecule has 0 radical (unpaired) electrons. The lowest BCUT2D eigenvalue weighted by atomic mass is 9.99. The fourth-order valence-corrected chi connectivity index (χ4v) is 7.08. The number of nitrogens with zero attached hydrogens (tertiary/aromatic N) is 2. The van der Waals surface area contributed by atoms with Crippen LogP contribution in [-0.4, -0.2) is 19.3 Å². The van der Waals surface area contributed by atoms with E-state index in [0.29, 0.717) is 16.0 Å². The summed E-state index contributed by atoms with van der Waals surface area (Å²) in [4.78, 5) is 32.9. The van der Waals surface area contributed by atoms with E-state index in [1.54, 1.807) is 66.7 Å². The van der Waals surface area contributed by atoms with Crippen molar-refractivity contribution in [1.82, 2.24) is 4.98 Å². The van der Waals surface area contributed by atoms with Gasteiger partial charge in [-0.25, -0.2) is 13.4 Å². The lowest BCUT2D eigenvalue weighted by molar-refractivity contribution is 0.0971. The summed E-state index contributed by atoms with van der Waals surface area (Å²) < 4.78 is 32.2. The molecular formula is C26H17ClN2O5S3. The third-order valence-corrected chi connectivity index (χ3v) is 9.40. The maximum atomic E-state index is 13.7. The topological polar surface area (TPSA) is 97.6 Å². The molecule has 1 aliphatic rings. The number of para-hydroxylation sites is 1. The molecule has 0 saturated carbocycles. The molecule has 1 amide bonds. The lowest BCUT2D eigenvalue weighted by Gasteiger charge is -2.22. The highest BCUT2D eigenvalue weighted by molar-refractivity contribution is 7.93. The Hall–Kier alpha value is -3.44. The van der Waals surface area contributed by atoms with Crippen LogP contribution in [0.15, 0.2) is 103 Å². The van der Waals surface area contributed by atoms with E-state index >= 15 is 0 Å². The molecular weight excluding hydrogens is 552 g/mol. The summed E-state index contributed by atoms with van der Waals surface area (Å²) >= 11 is 7.10. The predicted octanol–water partition coefficient (Wildman–Crippen LogP) is 5.60. The first kappa shape index (κ1) is 25.2. The highest BCUT2D eigenvalue weighted by Crippen LogP contribution is 2.43. The molecule has 1 atom stereocenters. The van der Waals surface area contributed by atoms with E-state index in [4.69, 9.17) is 16.0 Å². The minimum Gasteiger partial charge on any atom is -0.450 e. The number of carbonyl (C=O) groups is 1. The van der Waals surface area contributed by atoms with Crippen molar-refractivity contribution < 1.29 is 17.6 Å². The second-order valence-corrected chi connectivity index (χ2v) is 11.7. The van der Waals surface area contributed by atoms with E-state index in [9.17, 15) is 18.0 Å². The number of fused-ring (bicyclic) bond motifs is 2. The highest BCUT2D eigenvalue weighted by Gasteiger charge is 2.45. The van der Waals surface area contributed by atoms with E-state index in [2.05, 4.69) is 4.98 Å². The Morgan fingerprint density at radius 3 is 2.43 bits per heavy atom. The van der Waals surface area contributed by atoms with E-state index < -0.39 is 21.8 Å². The summed E-state index contributed by atoms with van der Waals surface area (Å²) in [6, 6.07) is 20.6. The average molecular weight is 569 g/mol. The van der Waals surface area contributed by atoms with Crippen molar-refractivity contribution in [3.05, 3.63) is 117 Å². The molecule has 37 heavy (non-hydrogen) atoms. The van der Waals surface area contributed by atoms with Gasteiger partial charge in [0.15, 0.2) is 10.6 Å². The van der Waals surface area contributed by atoms with Crippen LogP contribution in [0.4, 0.5) is 5.13 Å². The minimum absolute atomic E-state index is 0. The van der Waals surface area contributed by atoms with Crippen LogP contribution in [0, 0.1) is 0 Å². The van der Waals surface area contributed by atoms with Crippen molar-refractivity contribution in [1.29, 1.82) is 0 Å². The van der Waals surface area contributed by atoms with E-state index in [1.807, 2.05) is 0 Å². The Bertz CT molecular complexity index is 1830. The van der Waals surface area contributed by atoms with Gasteiger partial charge in [-0.1, -0.05) is 65.4 Å². The van der Waals surface area contributed by atoms with Crippen molar-refractivity contribution in [2.75, 3.05) is 4.90 Å². The Balaban J connectivity index is 0.00000280. The number of aromatic nitrogens is 1. The molecule has 11 heteroatoms. The molecule has 1 unspecified atom stereocenters. The first-order valence-electron chi connectivity index (χ1n) is 10.8. The molecule has 5 aromatic rings. The number of hydrogen-bond donors (Lipinski definition) is 0. The van der Waals surface area contributed by atoms with Crippen LogP contribution in [0.1, 0.15) is 27.7 Å². The molecule has 2 aromatic heterocycles. The van der Waals surface area contributed by atoms with Crippen LogP contribution in [0.3, 0.4) is 0 Å². The smallest absolute Gasteiger partial charge is 0.297 e.